The zero-order valence-corrected chi connectivity index (χ0v) is 19.0. The second-order valence-electron chi connectivity index (χ2n) is 8.33. The van der Waals surface area contributed by atoms with Crippen molar-refractivity contribution in [3.05, 3.63) is 119 Å². The number of hydrogen-bond acceptors (Lipinski definition) is 3. The van der Waals surface area contributed by atoms with Crippen molar-refractivity contribution < 1.29 is 4.79 Å². The number of carbonyl (C=O) groups is 1. The van der Waals surface area contributed by atoms with Gasteiger partial charge in [0.25, 0.3) is 0 Å². The minimum absolute atomic E-state index is 0.0560. The van der Waals surface area contributed by atoms with Crippen LogP contribution in [-0.2, 0) is 0 Å². The second-order valence-corrected chi connectivity index (χ2v) is 8.33. The molecule has 0 fully saturated rings. The summed E-state index contributed by atoms with van der Waals surface area (Å²) in [7, 11) is 8.18. The number of rotatable bonds is 5. The van der Waals surface area contributed by atoms with E-state index in [1.807, 2.05) is 58.5 Å². The van der Waals surface area contributed by atoms with Gasteiger partial charge >= 0.3 is 0 Å². The van der Waals surface area contributed by atoms with E-state index in [4.69, 9.17) is 0 Å². The Hall–Kier alpha value is -3.85. The van der Waals surface area contributed by atoms with Crippen LogP contribution < -0.4 is 9.80 Å². The van der Waals surface area contributed by atoms with E-state index in [1.54, 1.807) is 6.08 Å². The number of nitrogens with zero attached hydrogens (tertiary/aromatic N) is 2. The van der Waals surface area contributed by atoms with Gasteiger partial charge in [-0.3, -0.25) is 4.79 Å². The lowest BCUT2D eigenvalue weighted by atomic mass is 9.90. The molecule has 3 nitrogen and oxygen atoms in total. The first-order chi connectivity index (χ1) is 15.4. The fourth-order valence-electron chi connectivity index (χ4n) is 3.85. The minimum atomic E-state index is 0.0560. The summed E-state index contributed by atoms with van der Waals surface area (Å²) >= 11 is 0. The summed E-state index contributed by atoms with van der Waals surface area (Å²) in [5, 5.41) is 0. The number of carbonyl (C=O) groups excluding carboxylic acids is 1. The normalized spacial score (nSPS) is 13.6. The number of anilines is 2. The van der Waals surface area contributed by atoms with Gasteiger partial charge in [-0.05, 0) is 58.2 Å². The third kappa shape index (κ3) is 4.42. The van der Waals surface area contributed by atoms with Crippen molar-refractivity contribution in [1.82, 2.24) is 0 Å². The fourth-order valence-corrected chi connectivity index (χ4v) is 3.85. The van der Waals surface area contributed by atoms with Crippen molar-refractivity contribution in [1.29, 1.82) is 0 Å². The first kappa shape index (κ1) is 21.4. The minimum Gasteiger partial charge on any atom is -0.378 e. The maximum absolute atomic E-state index is 12.2. The number of hydrogen-bond donors (Lipinski definition) is 0. The standard InChI is InChI=1S/C29H28N2O/c1-30(2)24-15-9-21(10-16-24)26(22-11-17-25(18-12-22)31(3)4)19-13-23-14-20-29(32)28-8-6-5-7-27(23)28/h5-20H,1-4H3/b23-13-. The zero-order valence-electron chi connectivity index (χ0n) is 19.0. The predicted molar refractivity (Wildman–Crippen MR) is 137 cm³/mol. The number of benzene rings is 3. The van der Waals surface area contributed by atoms with Crippen molar-refractivity contribution in [3.8, 4) is 0 Å². The first-order valence-corrected chi connectivity index (χ1v) is 10.7. The van der Waals surface area contributed by atoms with Gasteiger partial charge in [-0.15, -0.1) is 0 Å². The van der Waals surface area contributed by atoms with Crippen LogP contribution in [0.15, 0.2) is 97.1 Å². The van der Waals surface area contributed by atoms with E-state index in [2.05, 4.69) is 70.5 Å². The molecule has 0 heterocycles. The number of ketones is 1. The van der Waals surface area contributed by atoms with Crippen molar-refractivity contribution in [2.45, 2.75) is 0 Å². The Kier molecular flexibility index (Phi) is 6.09. The molecule has 0 saturated carbocycles. The van der Waals surface area contributed by atoms with E-state index in [1.165, 1.54) is 0 Å². The molecule has 0 bridgehead atoms. The molecular weight excluding hydrogens is 392 g/mol. The average molecular weight is 421 g/mol. The van der Waals surface area contributed by atoms with E-state index in [0.717, 1.165) is 44.8 Å². The molecule has 0 spiro atoms. The molecule has 0 amide bonds. The Morgan fingerprint density at radius 3 is 1.66 bits per heavy atom. The van der Waals surface area contributed by atoms with E-state index in [0.29, 0.717) is 0 Å². The highest BCUT2D eigenvalue weighted by Gasteiger charge is 2.15. The molecule has 1 aliphatic rings. The maximum atomic E-state index is 12.2. The van der Waals surface area contributed by atoms with Gasteiger partial charge in [-0.25, -0.2) is 0 Å². The van der Waals surface area contributed by atoms with Gasteiger partial charge in [0.2, 0.25) is 0 Å². The summed E-state index contributed by atoms with van der Waals surface area (Å²) in [4.78, 5) is 16.4. The predicted octanol–water partition coefficient (Wildman–Crippen LogP) is 6.09. The summed E-state index contributed by atoms with van der Waals surface area (Å²) in [5.41, 5.74) is 8.52. The lowest BCUT2D eigenvalue weighted by Crippen LogP contribution is -2.08. The van der Waals surface area contributed by atoms with Crippen LogP contribution in [0.5, 0.6) is 0 Å². The van der Waals surface area contributed by atoms with E-state index in [9.17, 15) is 4.79 Å². The Labute approximate surface area is 190 Å². The van der Waals surface area contributed by atoms with E-state index >= 15 is 0 Å². The third-order valence-corrected chi connectivity index (χ3v) is 5.74. The highest BCUT2D eigenvalue weighted by molar-refractivity contribution is 6.12. The van der Waals surface area contributed by atoms with Crippen molar-refractivity contribution >= 4 is 28.3 Å². The van der Waals surface area contributed by atoms with Crippen LogP contribution in [0.25, 0.3) is 11.1 Å². The molecule has 32 heavy (non-hydrogen) atoms. The first-order valence-electron chi connectivity index (χ1n) is 10.7. The third-order valence-electron chi connectivity index (χ3n) is 5.74. The van der Waals surface area contributed by atoms with Crippen molar-refractivity contribution in [2.24, 2.45) is 0 Å². The molecule has 0 saturated heterocycles. The molecule has 0 aliphatic heterocycles. The lowest BCUT2D eigenvalue weighted by molar-refractivity contribution is 0.104. The van der Waals surface area contributed by atoms with Crippen LogP contribution in [0, 0.1) is 0 Å². The summed E-state index contributed by atoms with van der Waals surface area (Å²) in [6, 6.07) is 25.0. The van der Waals surface area contributed by atoms with Crippen LogP contribution in [0.1, 0.15) is 27.0 Å². The zero-order chi connectivity index (χ0) is 22.7. The van der Waals surface area contributed by atoms with E-state index < -0.39 is 0 Å². The molecule has 0 N–H and O–H groups in total. The molecule has 0 aromatic heterocycles. The summed E-state index contributed by atoms with van der Waals surface area (Å²) in [5.74, 6) is 0.0560. The summed E-state index contributed by atoms with van der Waals surface area (Å²) in [6.45, 7) is 0. The van der Waals surface area contributed by atoms with Crippen LogP contribution >= 0.6 is 0 Å². The molecule has 3 heteroatoms. The van der Waals surface area contributed by atoms with E-state index in [-0.39, 0.29) is 5.78 Å². The molecular formula is C29H28N2O. The quantitative estimate of drug-likeness (QED) is 0.499. The molecule has 0 radical (unpaired) electrons. The fraction of sp³-hybridized carbons (Fsp3) is 0.138. The lowest BCUT2D eigenvalue weighted by Gasteiger charge is -2.16. The molecule has 3 aromatic rings. The number of fused-ring (bicyclic) bond motifs is 1. The van der Waals surface area contributed by atoms with Gasteiger partial charge in [0.15, 0.2) is 5.78 Å². The van der Waals surface area contributed by atoms with Gasteiger partial charge in [0.05, 0.1) is 0 Å². The van der Waals surface area contributed by atoms with Gasteiger partial charge in [-0.2, -0.15) is 0 Å². The topological polar surface area (TPSA) is 23.6 Å². The van der Waals surface area contributed by atoms with Crippen LogP contribution in [-0.4, -0.2) is 34.0 Å². The Balaban J connectivity index is 1.80. The van der Waals surface area contributed by atoms with Crippen LogP contribution in [0.3, 0.4) is 0 Å². The Morgan fingerprint density at radius 1 is 0.656 bits per heavy atom. The molecule has 4 rings (SSSR count). The molecule has 0 atom stereocenters. The number of allylic oxidation sites excluding steroid dienone is 5. The van der Waals surface area contributed by atoms with Crippen LogP contribution in [0.4, 0.5) is 11.4 Å². The van der Waals surface area contributed by atoms with Gasteiger partial charge in [-0.1, -0.05) is 66.8 Å². The Bertz CT molecular complexity index is 1160. The molecule has 1 aliphatic carbocycles. The van der Waals surface area contributed by atoms with Crippen molar-refractivity contribution in [2.75, 3.05) is 38.0 Å². The monoisotopic (exact) mass is 420 g/mol. The highest BCUT2D eigenvalue weighted by Crippen LogP contribution is 2.30. The van der Waals surface area contributed by atoms with Gasteiger partial charge in [0, 0.05) is 45.1 Å². The summed E-state index contributed by atoms with van der Waals surface area (Å²) in [6.07, 6.45) is 7.82. The van der Waals surface area contributed by atoms with Gasteiger partial charge in [0.1, 0.15) is 0 Å². The molecule has 0 unspecified atom stereocenters. The second kappa shape index (κ2) is 9.11. The molecule has 3 aromatic carbocycles. The highest BCUT2D eigenvalue weighted by atomic mass is 16.1. The smallest absolute Gasteiger partial charge is 0.186 e. The Morgan fingerprint density at radius 2 is 1.16 bits per heavy atom. The molecule has 160 valence electrons. The van der Waals surface area contributed by atoms with Crippen LogP contribution in [0.2, 0.25) is 0 Å². The maximum Gasteiger partial charge on any atom is 0.186 e. The van der Waals surface area contributed by atoms with Crippen molar-refractivity contribution in [3.63, 3.8) is 0 Å². The van der Waals surface area contributed by atoms with Gasteiger partial charge < -0.3 is 9.80 Å². The SMILES string of the molecule is CN(C)c1ccc(C(=C/C=C2/C=CC(=O)c3ccccc32)c2ccc(N(C)C)cc2)cc1. The average Bonchev–Trinajstić information content (AvgIpc) is 2.81. The largest absolute Gasteiger partial charge is 0.378 e. The summed E-state index contributed by atoms with van der Waals surface area (Å²) < 4.78 is 0.